The van der Waals surface area contributed by atoms with Crippen molar-refractivity contribution in [2.24, 2.45) is 11.3 Å². The first-order chi connectivity index (χ1) is 17.3. The van der Waals surface area contributed by atoms with Crippen LogP contribution in [0.4, 0.5) is 4.79 Å². The number of ether oxygens (including phenoxy) is 1. The molecule has 36 heavy (non-hydrogen) atoms. The standard InChI is InChI=1S/C27H30N4O5/c1-3-11-30-25(34)27(24(33)28-26(30)35,13-18-7-9-21(36-2)10-8-18)17-29-14-19-12-20(16-29)22-5-4-6-23(32)31(22)15-19/h3-10,19-20H,1,11-17H2,2H3,(H,28,33,35)/t19-,20+,27-/m0/s1. The number of benzene rings is 1. The van der Waals surface area contributed by atoms with Gasteiger partial charge in [-0.05, 0) is 42.5 Å². The molecule has 5 rings (SSSR count). The molecule has 9 heteroatoms. The maximum Gasteiger partial charge on any atom is 0.331 e. The van der Waals surface area contributed by atoms with E-state index in [1.165, 1.54) is 6.08 Å². The summed E-state index contributed by atoms with van der Waals surface area (Å²) in [5, 5.41) is 2.42. The molecule has 3 atom stereocenters. The summed E-state index contributed by atoms with van der Waals surface area (Å²) >= 11 is 0. The lowest BCUT2D eigenvalue weighted by molar-refractivity contribution is -0.153. The number of nitrogens with zero attached hydrogens (tertiary/aromatic N) is 3. The second-order valence-corrected chi connectivity index (χ2v) is 9.96. The number of pyridine rings is 1. The number of carbonyl (C=O) groups excluding carboxylic acids is 3. The Morgan fingerprint density at radius 3 is 2.58 bits per heavy atom. The fourth-order valence-corrected chi connectivity index (χ4v) is 5.98. The molecule has 2 bridgehead atoms. The molecule has 3 aliphatic heterocycles. The van der Waals surface area contributed by atoms with Crippen molar-refractivity contribution in [3.63, 3.8) is 0 Å². The van der Waals surface area contributed by atoms with Crippen LogP contribution in [-0.2, 0) is 22.6 Å². The SMILES string of the molecule is C=CCN1C(=O)NC(=O)[C@](Cc2ccc(OC)cc2)(CN2C[C@@H]3C[C@H](C2)c2cccc(=O)n2C3)C1=O. The van der Waals surface area contributed by atoms with Crippen molar-refractivity contribution in [2.45, 2.75) is 25.3 Å². The fourth-order valence-electron chi connectivity index (χ4n) is 5.98. The summed E-state index contributed by atoms with van der Waals surface area (Å²) in [5.41, 5.74) is 0.317. The second-order valence-electron chi connectivity index (χ2n) is 9.96. The minimum Gasteiger partial charge on any atom is -0.497 e. The van der Waals surface area contributed by atoms with E-state index in [0.29, 0.717) is 25.4 Å². The smallest absolute Gasteiger partial charge is 0.331 e. The van der Waals surface area contributed by atoms with Crippen molar-refractivity contribution in [1.82, 2.24) is 19.7 Å². The molecule has 0 aliphatic carbocycles. The number of imide groups is 2. The molecule has 3 aliphatic rings. The molecule has 2 aromatic rings. The van der Waals surface area contributed by atoms with Crippen molar-refractivity contribution in [3.8, 4) is 5.75 Å². The largest absolute Gasteiger partial charge is 0.497 e. The van der Waals surface area contributed by atoms with Gasteiger partial charge in [-0.25, -0.2) is 4.79 Å². The number of carbonyl (C=O) groups is 3. The molecule has 188 valence electrons. The number of rotatable bonds is 7. The summed E-state index contributed by atoms with van der Waals surface area (Å²) in [6, 6.07) is 11.9. The van der Waals surface area contributed by atoms with E-state index >= 15 is 0 Å². The number of aromatic nitrogens is 1. The number of methoxy groups -OCH3 is 1. The molecular formula is C27H30N4O5. The number of hydrogen-bond donors (Lipinski definition) is 1. The van der Waals surface area contributed by atoms with Gasteiger partial charge < -0.3 is 14.2 Å². The first-order valence-electron chi connectivity index (χ1n) is 12.2. The number of fused-ring (bicyclic) bond motifs is 4. The fraction of sp³-hybridized carbons (Fsp3) is 0.407. The summed E-state index contributed by atoms with van der Waals surface area (Å²) in [7, 11) is 1.58. The van der Waals surface area contributed by atoms with Crippen molar-refractivity contribution < 1.29 is 19.1 Å². The molecular weight excluding hydrogens is 460 g/mol. The summed E-state index contributed by atoms with van der Waals surface area (Å²) in [6.45, 7) is 5.77. The van der Waals surface area contributed by atoms with E-state index in [-0.39, 0.29) is 36.9 Å². The van der Waals surface area contributed by atoms with Crippen molar-refractivity contribution in [3.05, 3.63) is 76.7 Å². The maximum absolute atomic E-state index is 13.8. The van der Waals surface area contributed by atoms with Crippen LogP contribution in [0.25, 0.3) is 0 Å². The van der Waals surface area contributed by atoms with Crippen LogP contribution in [-0.4, -0.2) is 65.5 Å². The first kappa shape index (κ1) is 24.0. The number of urea groups is 1. The topological polar surface area (TPSA) is 101 Å². The summed E-state index contributed by atoms with van der Waals surface area (Å²) < 4.78 is 7.10. The third kappa shape index (κ3) is 4.13. The highest BCUT2D eigenvalue weighted by Crippen LogP contribution is 2.38. The van der Waals surface area contributed by atoms with Gasteiger partial charge in [-0.3, -0.25) is 24.6 Å². The molecule has 0 unspecified atom stereocenters. The zero-order valence-corrected chi connectivity index (χ0v) is 20.3. The lowest BCUT2D eigenvalue weighted by Gasteiger charge is -2.47. The first-order valence-corrected chi connectivity index (χ1v) is 12.2. The second kappa shape index (κ2) is 9.39. The van der Waals surface area contributed by atoms with Crippen LogP contribution >= 0.6 is 0 Å². The Morgan fingerprint density at radius 1 is 1.08 bits per heavy atom. The van der Waals surface area contributed by atoms with Gasteiger partial charge in [0.25, 0.3) is 5.56 Å². The third-order valence-electron chi connectivity index (χ3n) is 7.58. The number of piperidine rings is 1. The Hall–Kier alpha value is -3.72. The molecule has 4 amide bonds. The number of barbiturate groups is 1. The normalized spacial score (nSPS) is 25.8. The summed E-state index contributed by atoms with van der Waals surface area (Å²) in [4.78, 5) is 55.5. The maximum atomic E-state index is 13.8. The molecule has 1 aromatic carbocycles. The van der Waals surface area contributed by atoms with E-state index in [2.05, 4.69) is 16.8 Å². The number of nitrogens with one attached hydrogen (secondary N) is 1. The van der Waals surface area contributed by atoms with Crippen molar-refractivity contribution >= 4 is 17.8 Å². The van der Waals surface area contributed by atoms with Gasteiger partial charge in [0.05, 0.1) is 7.11 Å². The molecule has 0 spiro atoms. The zero-order valence-electron chi connectivity index (χ0n) is 20.3. The van der Waals surface area contributed by atoms with E-state index in [0.717, 1.165) is 22.6 Å². The van der Waals surface area contributed by atoms with Crippen LogP contribution in [0.2, 0.25) is 0 Å². The lowest BCUT2D eigenvalue weighted by Crippen LogP contribution is -2.68. The van der Waals surface area contributed by atoms with Gasteiger partial charge in [-0.2, -0.15) is 0 Å². The Morgan fingerprint density at radius 2 is 1.86 bits per heavy atom. The van der Waals surface area contributed by atoms with E-state index in [1.54, 1.807) is 31.4 Å². The number of likely N-dealkylation sites (tertiary alicyclic amines) is 1. The highest BCUT2D eigenvalue weighted by atomic mass is 16.5. The van der Waals surface area contributed by atoms with Crippen LogP contribution in [0.3, 0.4) is 0 Å². The van der Waals surface area contributed by atoms with Crippen molar-refractivity contribution in [2.75, 3.05) is 33.3 Å². The highest BCUT2D eigenvalue weighted by Gasteiger charge is 2.55. The van der Waals surface area contributed by atoms with E-state index < -0.39 is 23.3 Å². The Balaban J connectivity index is 1.49. The molecule has 2 saturated heterocycles. The molecule has 2 fully saturated rings. The van der Waals surface area contributed by atoms with E-state index in [9.17, 15) is 19.2 Å². The van der Waals surface area contributed by atoms with Crippen LogP contribution in [0, 0.1) is 11.3 Å². The third-order valence-corrected chi connectivity index (χ3v) is 7.58. The minimum atomic E-state index is -1.48. The van der Waals surface area contributed by atoms with Crippen LogP contribution in [0.1, 0.15) is 23.6 Å². The number of amides is 4. The summed E-state index contributed by atoms with van der Waals surface area (Å²) in [5.74, 6) is -0.0482. The van der Waals surface area contributed by atoms with Crippen LogP contribution in [0.15, 0.2) is 59.9 Å². The molecule has 0 radical (unpaired) electrons. The molecule has 1 aromatic heterocycles. The van der Waals surface area contributed by atoms with Crippen LogP contribution in [0.5, 0.6) is 5.75 Å². The van der Waals surface area contributed by atoms with Gasteiger partial charge in [0.15, 0.2) is 0 Å². The molecule has 1 N–H and O–H groups in total. The van der Waals surface area contributed by atoms with Crippen molar-refractivity contribution in [1.29, 1.82) is 0 Å². The van der Waals surface area contributed by atoms with Gasteiger partial charge in [0, 0.05) is 50.4 Å². The van der Waals surface area contributed by atoms with Gasteiger partial charge in [-0.1, -0.05) is 24.3 Å². The minimum absolute atomic E-state index is 0.00652. The monoisotopic (exact) mass is 490 g/mol. The number of hydrogen-bond acceptors (Lipinski definition) is 6. The Kier molecular flexibility index (Phi) is 6.26. The Bertz CT molecular complexity index is 1270. The average Bonchev–Trinajstić information content (AvgIpc) is 2.86. The van der Waals surface area contributed by atoms with E-state index in [1.807, 2.05) is 22.8 Å². The molecule has 0 saturated carbocycles. The molecule has 4 heterocycles. The summed E-state index contributed by atoms with van der Waals surface area (Å²) in [6.07, 6.45) is 2.59. The van der Waals surface area contributed by atoms with E-state index in [4.69, 9.17) is 4.74 Å². The van der Waals surface area contributed by atoms with Gasteiger partial charge in [0.1, 0.15) is 11.2 Å². The van der Waals surface area contributed by atoms with Gasteiger partial charge >= 0.3 is 6.03 Å². The predicted molar refractivity (Wildman–Crippen MR) is 133 cm³/mol. The zero-order chi connectivity index (χ0) is 25.4. The van der Waals surface area contributed by atoms with Gasteiger partial charge in [0.2, 0.25) is 11.8 Å². The Labute approximate surface area is 209 Å². The average molecular weight is 491 g/mol. The highest BCUT2D eigenvalue weighted by molar-refractivity contribution is 6.19. The molecule has 9 nitrogen and oxygen atoms in total. The lowest BCUT2D eigenvalue weighted by atomic mass is 9.75. The van der Waals surface area contributed by atoms with Gasteiger partial charge in [-0.15, -0.1) is 6.58 Å². The van der Waals surface area contributed by atoms with Crippen LogP contribution < -0.4 is 15.6 Å². The quantitative estimate of drug-likeness (QED) is 0.469. The predicted octanol–water partition coefficient (Wildman–Crippen LogP) is 1.77.